The summed E-state index contributed by atoms with van der Waals surface area (Å²) in [5.41, 5.74) is 1.92. The Morgan fingerprint density at radius 1 is 1.21 bits per heavy atom. The lowest BCUT2D eigenvalue weighted by Crippen LogP contribution is -2.40. The van der Waals surface area contributed by atoms with Gasteiger partial charge in [-0.2, -0.15) is 0 Å². The summed E-state index contributed by atoms with van der Waals surface area (Å²) in [6.45, 7) is 10.9. The quantitative estimate of drug-likeness (QED) is 0.331. The highest BCUT2D eigenvalue weighted by molar-refractivity contribution is 8.26. The second-order valence-electron chi connectivity index (χ2n) is 9.43. The molecule has 176 valence electrons. The molecule has 0 saturated carbocycles. The summed E-state index contributed by atoms with van der Waals surface area (Å²) in [6.07, 6.45) is 7.69. The Bertz CT molecular complexity index is 1160. The van der Waals surface area contributed by atoms with E-state index in [9.17, 15) is 9.59 Å². The molecule has 0 aromatic carbocycles. The fourth-order valence-corrected chi connectivity index (χ4v) is 6.14. The van der Waals surface area contributed by atoms with Gasteiger partial charge < -0.3 is 4.90 Å². The van der Waals surface area contributed by atoms with Gasteiger partial charge in [-0.1, -0.05) is 63.7 Å². The average molecular weight is 485 g/mol. The van der Waals surface area contributed by atoms with Crippen molar-refractivity contribution < 1.29 is 4.79 Å². The smallest absolute Gasteiger partial charge is 0.267 e. The van der Waals surface area contributed by atoms with E-state index in [2.05, 4.69) is 25.7 Å². The summed E-state index contributed by atoms with van der Waals surface area (Å²) in [5.74, 6) is 1.58. The van der Waals surface area contributed by atoms with Crippen LogP contribution in [-0.2, 0) is 4.79 Å². The first-order valence-electron chi connectivity index (χ1n) is 11.8. The number of rotatable bonds is 6. The Morgan fingerprint density at radius 3 is 2.64 bits per heavy atom. The summed E-state index contributed by atoms with van der Waals surface area (Å²) in [6, 6.07) is 3.82. The van der Waals surface area contributed by atoms with Crippen molar-refractivity contribution in [2.45, 2.75) is 53.4 Å². The second-order valence-corrected chi connectivity index (χ2v) is 11.1. The lowest BCUT2D eigenvalue weighted by Gasteiger charge is -2.36. The molecule has 2 aliphatic heterocycles. The number of thioether (sulfide) groups is 1. The first-order valence-corrected chi connectivity index (χ1v) is 13.0. The molecule has 0 spiro atoms. The number of nitrogens with zero attached hydrogens (tertiary/aromatic N) is 4. The van der Waals surface area contributed by atoms with E-state index in [0.717, 1.165) is 44.3 Å². The van der Waals surface area contributed by atoms with Gasteiger partial charge in [0.2, 0.25) is 0 Å². The van der Waals surface area contributed by atoms with Crippen LogP contribution in [0.1, 0.15) is 57.6 Å². The molecule has 6 nitrogen and oxygen atoms in total. The predicted molar refractivity (Wildman–Crippen MR) is 141 cm³/mol. The molecule has 0 bridgehead atoms. The number of aryl methyl sites for hydroxylation is 1. The van der Waals surface area contributed by atoms with Crippen molar-refractivity contribution in [2.24, 2.45) is 11.8 Å². The van der Waals surface area contributed by atoms with E-state index < -0.39 is 0 Å². The van der Waals surface area contributed by atoms with Crippen LogP contribution in [0.4, 0.5) is 5.82 Å². The van der Waals surface area contributed by atoms with E-state index >= 15 is 0 Å². The van der Waals surface area contributed by atoms with Crippen molar-refractivity contribution >= 4 is 51.7 Å². The first-order chi connectivity index (χ1) is 15.8. The summed E-state index contributed by atoms with van der Waals surface area (Å²) in [4.78, 5) is 36.2. The Hall–Kier alpha value is -2.19. The first kappa shape index (κ1) is 24.0. The third-order valence-corrected chi connectivity index (χ3v) is 7.74. The van der Waals surface area contributed by atoms with Crippen LogP contribution in [0.15, 0.2) is 28.0 Å². The number of carbonyl (C=O) groups is 1. The third-order valence-electron chi connectivity index (χ3n) is 6.37. The van der Waals surface area contributed by atoms with E-state index in [-0.39, 0.29) is 11.5 Å². The number of carbonyl (C=O) groups excluding carboxylic acids is 1. The van der Waals surface area contributed by atoms with Gasteiger partial charge in [0.1, 0.15) is 15.8 Å². The van der Waals surface area contributed by atoms with Gasteiger partial charge in [-0.25, -0.2) is 4.98 Å². The summed E-state index contributed by atoms with van der Waals surface area (Å²) >= 11 is 6.78. The van der Waals surface area contributed by atoms with Crippen LogP contribution in [0.2, 0.25) is 0 Å². The average Bonchev–Trinajstić information content (AvgIpc) is 3.03. The number of amides is 1. The molecule has 1 amide bonds. The Kier molecular flexibility index (Phi) is 7.24. The lowest BCUT2D eigenvalue weighted by molar-refractivity contribution is -0.122. The van der Waals surface area contributed by atoms with Crippen molar-refractivity contribution in [2.75, 3.05) is 24.5 Å². The van der Waals surface area contributed by atoms with Gasteiger partial charge in [-0.3, -0.25) is 18.9 Å². The van der Waals surface area contributed by atoms with Gasteiger partial charge in [-0.15, -0.1) is 0 Å². The number of hydrogen-bond acceptors (Lipinski definition) is 6. The van der Waals surface area contributed by atoms with Crippen LogP contribution in [0.25, 0.3) is 11.7 Å². The van der Waals surface area contributed by atoms with Crippen molar-refractivity contribution in [3.05, 3.63) is 44.7 Å². The fourth-order valence-electron chi connectivity index (χ4n) is 4.85. The van der Waals surface area contributed by atoms with Gasteiger partial charge in [0, 0.05) is 25.8 Å². The van der Waals surface area contributed by atoms with Crippen molar-refractivity contribution in [3.63, 3.8) is 0 Å². The second kappa shape index (κ2) is 9.97. The van der Waals surface area contributed by atoms with E-state index in [0.29, 0.717) is 44.6 Å². The van der Waals surface area contributed by atoms with Crippen molar-refractivity contribution in [3.8, 4) is 0 Å². The molecule has 0 aliphatic carbocycles. The Labute approximate surface area is 205 Å². The zero-order chi connectivity index (χ0) is 23.7. The minimum atomic E-state index is -0.152. The zero-order valence-corrected chi connectivity index (χ0v) is 21.5. The number of piperidine rings is 1. The molecule has 2 aromatic rings. The summed E-state index contributed by atoms with van der Waals surface area (Å²) in [7, 11) is 0. The molecular formula is C25H32N4O2S2. The minimum absolute atomic E-state index is 0.110. The summed E-state index contributed by atoms with van der Waals surface area (Å²) < 4.78 is 2.15. The van der Waals surface area contributed by atoms with Crippen molar-refractivity contribution in [1.29, 1.82) is 0 Å². The molecule has 4 heterocycles. The van der Waals surface area contributed by atoms with Crippen LogP contribution in [-0.4, -0.2) is 44.1 Å². The summed E-state index contributed by atoms with van der Waals surface area (Å²) in [5, 5.41) is 0. The lowest BCUT2D eigenvalue weighted by atomic mass is 9.91. The molecule has 8 heteroatoms. The maximum absolute atomic E-state index is 13.7. The molecule has 2 fully saturated rings. The van der Waals surface area contributed by atoms with Crippen LogP contribution >= 0.6 is 24.0 Å². The highest BCUT2D eigenvalue weighted by Crippen LogP contribution is 2.35. The minimum Gasteiger partial charge on any atom is -0.355 e. The molecule has 0 unspecified atom stereocenters. The Morgan fingerprint density at radius 2 is 1.94 bits per heavy atom. The SMILES string of the molecule is CCCCCN1C(=O)/C(=C\c2c(N3C[C@@H](C)C[C@H](C)C3)nc3c(C)cccn3c2=O)SC1=S. The molecule has 4 rings (SSSR count). The van der Waals surface area contributed by atoms with Gasteiger partial charge in [-0.05, 0) is 49.3 Å². The van der Waals surface area contributed by atoms with Crippen molar-refractivity contribution in [1.82, 2.24) is 14.3 Å². The van der Waals surface area contributed by atoms with Gasteiger partial charge in [0.15, 0.2) is 0 Å². The van der Waals surface area contributed by atoms with E-state index in [4.69, 9.17) is 17.2 Å². The molecule has 2 atom stereocenters. The van der Waals surface area contributed by atoms with E-state index in [1.165, 1.54) is 11.8 Å². The highest BCUT2D eigenvalue weighted by Gasteiger charge is 2.33. The number of aromatic nitrogens is 2. The number of fused-ring (bicyclic) bond motifs is 1. The normalized spacial score (nSPS) is 22.7. The van der Waals surface area contributed by atoms with Gasteiger partial charge >= 0.3 is 0 Å². The topological polar surface area (TPSA) is 57.9 Å². The Balaban J connectivity index is 1.81. The highest BCUT2D eigenvalue weighted by atomic mass is 32.2. The van der Waals surface area contributed by atoms with E-state index in [1.807, 2.05) is 19.1 Å². The van der Waals surface area contributed by atoms with Crippen LogP contribution in [0.5, 0.6) is 0 Å². The van der Waals surface area contributed by atoms with E-state index in [1.54, 1.807) is 21.6 Å². The molecule has 0 radical (unpaired) electrons. The molecule has 2 aromatic heterocycles. The molecule has 2 aliphatic rings. The number of thiocarbonyl (C=S) groups is 1. The monoisotopic (exact) mass is 484 g/mol. The van der Waals surface area contributed by atoms with Gasteiger partial charge in [0.25, 0.3) is 11.5 Å². The maximum Gasteiger partial charge on any atom is 0.267 e. The largest absolute Gasteiger partial charge is 0.355 e. The predicted octanol–water partition coefficient (Wildman–Crippen LogP) is 4.88. The third kappa shape index (κ3) is 4.87. The fraction of sp³-hybridized carbons (Fsp3) is 0.520. The zero-order valence-electron chi connectivity index (χ0n) is 19.8. The molecule has 0 N–H and O–H groups in total. The van der Waals surface area contributed by atoms with Crippen LogP contribution < -0.4 is 10.5 Å². The molecular weight excluding hydrogens is 452 g/mol. The number of hydrogen-bond donors (Lipinski definition) is 0. The molecule has 33 heavy (non-hydrogen) atoms. The maximum atomic E-state index is 13.7. The number of pyridine rings is 1. The van der Waals surface area contributed by atoms with Crippen LogP contribution in [0.3, 0.4) is 0 Å². The van der Waals surface area contributed by atoms with Gasteiger partial charge in [0.05, 0.1) is 10.5 Å². The number of unbranched alkanes of at least 4 members (excludes halogenated alkanes) is 2. The molecule has 2 saturated heterocycles. The van der Waals surface area contributed by atoms with Crippen LogP contribution in [0, 0.1) is 18.8 Å². The standard InChI is InChI=1S/C25H32N4O2S2/c1-5-6-7-10-29-24(31)20(33-25(29)32)13-19-22(27-14-16(2)12-17(3)15-27)26-21-18(4)9-8-11-28(21)23(19)30/h8-9,11,13,16-17H,5-7,10,12,14-15H2,1-4H3/b20-13+/t16-,17-/m0/s1. The number of anilines is 1.